The fourth-order valence-electron chi connectivity index (χ4n) is 2.38. The van der Waals surface area contributed by atoms with E-state index in [2.05, 4.69) is 0 Å². The second-order valence-electron chi connectivity index (χ2n) is 5.64. The highest BCUT2D eigenvalue weighted by molar-refractivity contribution is 5.97. The summed E-state index contributed by atoms with van der Waals surface area (Å²) in [5, 5.41) is 0. The lowest BCUT2D eigenvalue weighted by Gasteiger charge is -2.06. The van der Waals surface area contributed by atoms with Crippen LogP contribution in [0.15, 0.2) is 42.5 Å². The van der Waals surface area contributed by atoms with Gasteiger partial charge in [0, 0.05) is 12.0 Å². The maximum atomic E-state index is 12.0. The number of ketones is 1. The Morgan fingerprint density at radius 3 is 2.58 bits per heavy atom. The number of hydrogen-bond acceptors (Lipinski definition) is 5. The highest BCUT2D eigenvalue weighted by atomic mass is 16.7. The van der Waals surface area contributed by atoms with Crippen LogP contribution in [0, 0.1) is 6.92 Å². The van der Waals surface area contributed by atoms with Crippen molar-refractivity contribution in [2.75, 3.05) is 13.4 Å². The molecule has 1 aliphatic rings. The molecule has 0 radical (unpaired) electrons. The van der Waals surface area contributed by atoms with Crippen LogP contribution in [0.1, 0.15) is 27.9 Å². The molecule has 0 aliphatic carbocycles. The van der Waals surface area contributed by atoms with Crippen LogP contribution in [-0.4, -0.2) is 25.2 Å². The third kappa shape index (κ3) is 3.93. The number of fused-ring (bicyclic) bond motifs is 1. The molecule has 0 unspecified atom stereocenters. The molecule has 0 saturated carbocycles. The predicted octanol–water partition coefficient (Wildman–Crippen LogP) is 3.08. The number of esters is 1. The molecule has 0 amide bonds. The molecule has 0 aromatic heterocycles. The molecule has 2 aromatic rings. The number of ether oxygens (including phenoxy) is 3. The van der Waals surface area contributed by atoms with Gasteiger partial charge in [-0.3, -0.25) is 9.59 Å². The lowest BCUT2D eigenvalue weighted by Crippen LogP contribution is -2.14. The van der Waals surface area contributed by atoms with Gasteiger partial charge in [-0.25, -0.2) is 0 Å². The van der Waals surface area contributed by atoms with Crippen LogP contribution in [-0.2, 0) is 16.0 Å². The smallest absolute Gasteiger partial charge is 0.306 e. The molecule has 0 atom stereocenters. The van der Waals surface area contributed by atoms with Gasteiger partial charge in [-0.2, -0.15) is 0 Å². The average Bonchev–Trinajstić information content (AvgIpc) is 3.06. The molecule has 1 aliphatic heterocycles. The van der Waals surface area contributed by atoms with Crippen LogP contribution in [0.25, 0.3) is 0 Å². The monoisotopic (exact) mass is 326 g/mol. The zero-order chi connectivity index (χ0) is 16.9. The molecule has 2 aromatic carbocycles. The van der Waals surface area contributed by atoms with Crippen molar-refractivity contribution >= 4 is 11.8 Å². The van der Waals surface area contributed by atoms with E-state index in [0.717, 1.165) is 11.1 Å². The summed E-state index contributed by atoms with van der Waals surface area (Å²) in [6, 6.07) is 12.7. The summed E-state index contributed by atoms with van der Waals surface area (Å²) in [5.41, 5.74) is 2.58. The summed E-state index contributed by atoms with van der Waals surface area (Å²) in [6.45, 7) is 1.94. The third-order valence-electron chi connectivity index (χ3n) is 3.79. The highest BCUT2D eigenvalue weighted by Gasteiger charge is 2.14. The molecule has 124 valence electrons. The lowest BCUT2D eigenvalue weighted by molar-refractivity contribution is -0.142. The fraction of sp³-hybridized carbons (Fsp3) is 0.263. The van der Waals surface area contributed by atoms with E-state index in [9.17, 15) is 9.59 Å². The maximum absolute atomic E-state index is 12.0. The Balaban J connectivity index is 1.46. The molecule has 0 N–H and O–H groups in total. The van der Waals surface area contributed by atoms with E-state index in [4.69, 9.17) is 14.2 Å². The lowest BCUT2D eigenvalue weighted by atomic mass is 10.1. The van der Waals surface area contributed by atoms with Crippen molar-refractivity contribution in [2.45, 2.75) is 19.8 Å². The SMILES string of the molecule is Cc1ccc(C(=O)COC(=O)CCc2ccc3c(c2)OCO3)cc1. The van der Waals surface area contributed by atoms with Gasteiger partial charge in [0.05, 0.1) is 0 Å². The minimum Gasteiger partial charge on any atom is -0.457 e. The van der Waals surface area contributed by atoms with Crippen LogP contribution in [0.2, 0.25) is 0 Å². The second-order valence-corrected chi connectivity index (χ2v) is 5.64. The van der Waals surface area contributed by atoms with Crippen LogP contribution in [0.5, 0.6) is 11.5 Å². The van der Waals surface area contributed by atoms with Gasteiger partial charge in [-0.05, 0) is 31.0 Å². The molecule has 0 bridgehead atoms. The van der Waals surface area contributed by atoms with Gasteiger partial charge in [-0.15, -0.1) is 0 Å². The van der Waals surface area contributed by atoms with Gasteiger partial charge >= 0.3 is 5.97 Å². The van der Waals surface area contributed by atoms with Crippen molar-refractivity contribution in [3.8, 4) is 11.5 Å². The largest absolute Gasteiger partial charge is 0.457 e. The van der Waals surface area contributed by atoms with E-state index in [-0.39, 0.29) is 25.6 Å². The van der Waals surface area contributed by atoms with Crippen LogP contribution in [0.3, 0.4) is 0 Å². The predicted molar refractivity (Wildman–Crippen MR) is 87.4 cm³/mol. The number of rotatable bonds is 6. The van der Waals surface area contributed by atoms with E-state index < -0.39 is 5.97 Å². The quantitative estimate of drug-likeness (QED) is 0.603. The highest BCUT2D eigenvalue weighted by Crippen LogP contribution is 2.32. The first kappa shape index (κ1) is 16.1. The van der Waals surface area contributed by atoms with Gasteiger partial charge in [0.25, 0.3) is 0 Å². The molecule has 0 spiro atoms. The Hall–Kier alpha value is -2.82. The third-order valence-corrected chi connectivity index (χ3v) is 3.79. The van der Waals surface area contributed by atoms with Crippen molar-refractivity contribution in [3.63, 3.8) is 0 Å². The molecular formula is C19H18O5. The Morgan fingerprint density at radius 2 is 1.79 bits per heavy atom. The zero-order valence-corrected chi connectivity index (χ0v) is 13.4. The molecule has 0 fully saturated rings. The van der Waals surface area contributed by atoms with E-state index in [1.807, 2.05) is 37.3 Å². The Bertz CT molecular complexity index is 749. The minimum absolute atomic E-state index is 0.202. The molecular weight excluding hydrogens is 308 g/mol. The number of benzene rings is 2. The van der Waals surface area contributed by atoms with Crippen molar-refractivity contribution in [2.24, 2.45) is 0 Å². The second kappa shape index (κ2) is 7.17. The summed E-state index contributed by atoms with van der Waals surface area (Å²) >= 11 is 0. The standard InChI is InChI=1S/C19H18O5/c1-13-2-6-15(7-3-13)16(20)11-22-19(21)9-5-14-4-8-17-18(10-14)24-12-23-17/h2-4,6-8,10H,5,9,11-12H2,1H3. The summed E-state index contributed by atoms with van der Waals surface area (Å²) in [7, 11) is 0. The molecule has 1 heterocycles. The van der Waals surface area contributed by atoms with E-state index >= 15 is 0 Å². The van der Waals surface area contributed by atoms with E-state index in [1.165, 1.54) is 0 Å². The molecule has 5 heteroatoms. The summed E-state index contributed by atoms with van der Waals surface area (Å²) in [6.07, 6.45) is 0.731. The van der Waals surface area contributed by atoms with Crippen LogP contribution < -0.4 is 9.47 Å². The van der Waals surface area contributed by atoms with E-state index in [0.29, 0.717) is 23.5 Å². The van der Waals surface area contributed by atoms with Crippen LogP contribution >= 0.6 is 0 Å². The summed E-state index contributed by atoms with van der Waals surface area (Å²) in [4.78, 5) is 23.8. The first-order valence-electron chi connectivity index (χ1n) is 7.76. The van der Waals surface area contributed by atoms with Gasteiger partial charge < -0.3 is 14.2 Å². The normalized spacial score (nSPS) is 12.0. The topological polar surface area (TPSA) is 61.8 Å². The number of carbonyl (C=O) groups excluding carboxylic acids is 2. The molecule has 0 saturated heterocycles. The summed E-state index contributed by atoms with van der Waals surface area (Å²) < 4.78 is 15.6. The molecule has 3 rings (SSSR count). The van der Waals surface area contributed by atoms with Gasteiger partial charge in [0.1, 0.15) is 0 Å². The Labute approximate surface area is 140 Å². The van der Waals surface area contributed by atoms with Crippen molar-refractivity contribution in [1.29, 1.82) is 0 Å². The maximum Gasteiger partial charge on any atom is 0.306 e. The Morgan fingerprint density at radius 1 is 1.04 bits per heavy atom. The van der Waals surface area contributed by atoms with Gasteiger partial charge in [0.2, 0.25) is 6.79 Å². The number of aryl methyl sites for hydroxylation is 2. The first-order valence-corrected chi connectivity index (χ1v) is 7.76. The van der Waals surface area contributed by atoms with Crippen LogP contribution in [0.4, 0.5) is 0 Å². The number of hydrogen-bond donors (Lipinski definition) is 0. The average molecular weight is 326 g/mol. The van der Waals surface area contributed by atoms with Gasteiger partial charge in [-0.1, -0.05) is 35.9 Å². The van der Waals surface area contributed by atoms with E-state index in [1.54, 1.807) is 12.1 Å². The molecule has 5 nitrogen and oxygen atoms in total. The van der Waals surface area contributed by atoms with Crippen molar-refractivity contribution in [3.05, 3.63) is 59.2 Å². The van der Waals surface area contributed by atoms with Gasteiger partial charge in [0.15, 0.2) is 23.9 Å². The first-order chi connectivity index (χ1) is 11.6. The Kier molecular flexibility index (Phi) is 4.79. The van der Waals surface area contributed by atoms with Crippen molar-refractivity contribution in [1.82, 2.24) is 0 Å². The number of Topliss-reactive ketones (excluding diaryl/α,β-unsaturated/α-hetero) is 1. The summed E-state index contributed by atoms with van der Waals surface area (Å²) in [5.74, 6) is 0.806. The molecule has 24 heavy (non-hydrogen) atoms. The fourth-order valence-corrected chi connectivity index (χ4v) is 2.38. The zero-order valence-electron chi connectivity index (χ0n) is 13.4. The van der Waals surface area contributed by atoms with Crippen molar-refractivity contribution < 1.29 is 23.8 Å². The minimum atomic E-state index is -0.395. The number of carbonyl (C=O) groups is 2.